The van der Waals surface area contributed by atoms with Crippen LogP contribution < -0.4 is 0 Å². The Morgan fingerprint density at radius 3 is 2.13 bits per heavy atom. The SMILES string of the molecule is COC1CC2CC[C@@H](C)C(O)(O2)C(=O)C(=O)N2CCCC[C@H]2C(=O)OC(C(C)CC2CCC(OC)C(OC)C2)CC(=O)C(C)/C=C(\C)C(OC)C(OC)C(=O)[C@H](C)CC(C)/C=C/C=CC=C1C. The minimum atomic E-state index is -2.41. The number of methoxy groups -OCH3 is 5. The Hall–Kier alpha value is -3.37. The quantitative estimate of drug-likeness (QED) is 0.144. The number of esters is 1. The molecule has 3 heterocycles. The van der Waals surface area contributed by atoms with Crippen LogP contribution in [-0.4, -0.2) is 136 Å². The molecule has 15 atom stereocenters. The van der Waals surface area contributed by atoms with Gasteiger partial charge >= 0.3 is 5.97 Å². The highest BCUT2D eigenvalue weighted by Gasteiger charge is 2.53. The van der Waals surface area contributed by atoms with Gasteiger partial charge in [-0.3, -0.25) is 19.2 Å². The number of carbonyl (C=O) groups is 5. The van der Waals surface area contributed by atoms with Gasteiger partial charge in [0.15, 0.2) is 5.78 Å². The van der Waals surface area contributed by atoms with Crippen molar-refractivity contribution in [2.45, 2.75) is 180 Å². The first-order valence-electron chi connectivity index (χ1n) is 24.7. The van der Waals surface area contributed by atoms with E-state index in [0.29, 0.717) is 50.5 Å². The van der Waals surface area contributed by atoms with E-state index in [1.54, 1.807) is 41.3 Å². The summed E-state index contributed by atoms with van der Waals surface area (Å²) >= 11 is 0. The molecule has 2 bridgehead atoms. The number of nitrogens with zero attached hydrogens (tertiary/aromatic N) is 1. The fourth-order valence-corrected chi connectivity index (χ4v) is 10.7. The van der Waals surface area contributed by atoms with Gasteiger partial charge in [-0.1, -0.05) is 71.1 Å². The van der Waals surface area contributed by atoms with Crippen LogP contribution in [0.25, 0.3) is 0 Å². The molecular weight excluding hydrogens is 859 g/mol. The number of Topliss-reactive ketones (excluding diaryl/α,β-unsaturated/α-hetero) is 3. The van der Waals surface area contributed by atoms with E-state index in [-0.39, 0.29) is 66.8 Å². The van der Waals surface area contributed by atoms with Crippen LogP contribution in [0.4, 0.5) is 0 Å². The normalized spacial score (nSPS) is 38.3. The van der Waals surface area contributed by atoms with E-state index in [0.717, 1.165) is 24.8 Å². The average molecular weight is 942 g/mol. The van der Waals surface area contributed by atoms with Crippen LogP contribution in [0.3, 0.4) is 0 Å². The summed E-state index contributed by atoms with van der Waals surface area (Å²) in [5.74, 6) is -7.20. The first kappa shape index (κ1) is 56.2. The van der Waals surface area contributed by atoms with Gasteiger partial charge in [0.25, 0.3) is 11.7 Å². The summed E-state index contributed by atoms with van der Waals surface area (Å²) < 4.78 is 41.5. The number of cyclic esters (lactones) is 1. The van der Waals surface area contributed by atoms with Crippen molar-refractivity contribution in [3.63, 3.8) is 0 Å². The molecule has 378 valence electrons. The number of carbonyl (C=O) groups excluding carboxylic acids is 5. The Morgan fingerprint density at radius 1 is 0.776 bits per heavy atom. The Morgan fingerprint density at radius 2 is 1.48 bits per heavy atom. The first-order chi connectivity index (χ1) is 31.8. The molecule has 3 aliphatic heterocycles. The van der Waals surface area contributed by atoms with Gasteiger partial charge in [-0.2, -0.15) is 0 Å². The number of allylic oxidation sites excluding steroid dienone is 6. The van der Waals surface area contributed by atoms with E-state index in [1.165, 1.54) is 19.1 Å². The van der Waals surface area contributed by atoms with E-state index >= 15 is 0 Å². The maximum atomic E-state index is 14.5. The molecule has 14 nitrogen and oxygen atoms in total. The summed E-state index contributed by atoms with van der Waals surface area (Å²) in [5.41, 5.74) is 1.56. The molecule has 1 saturated carbocycles. The third-order valence-corrected chi connectivity index (χ3v) is 15.0. The van der Waals surface area contributed by atoms with Crippen LogP contribution in [0.15, 0.2) is 47.6 Å². The lowest BCUT2D eigenvalue weighted by molar-refractivity contribution is -0.265. The predicted octanol–water partition coefficient (Wildman–Crippen LogP) is 7.49. The van der Waals surface area contributed by atoms with E-state index in [4.69, 9.17) is 33.2 Å². The molecule has 0 aromatic rings. The molecule has 3 fully saturated rings. The maximum absolute atomic E-state index is 14.5. The number of aliphatic hydroxyl groups is 1. The van der Waals surface area contributed by atoms with Gasteiger partial charge in [-0.25, -0.2) is 4.79 Å². The van der Waals surface area contributed by atoms with E-state index in [1.807, 2.05) is 58.1 Å². The minimum Gasteiger partial charge on any atom is -0.460 e. The Kier molecular flexibility index (Phi) is 22.3. The molecule has 0 aromatic carbocycles. The molecule has 1 amide bonds. The van der Waals surface area contributed by atoms with Crippen LogP contribution in [-0.2, 0) is 57.1 Å². The van der Waals surface area contributed by atoms with Crippen molar-refractivity contribution in [1.82, 2.24) is 4.90 Å². The molecule has 14 heteroatoms. The van der Waals surface area contributed by atoms with Crippen molar-refractivity contribution in [2.75, 3.05) is 42.1 Å². The molecule has 0 spiro atoms. The number of hydrogen-bond donors (Lipinski definition) is 1. The van der Waals surface area contributed by atoms with Gasteiger partial charge in [0.05, 0.1) is 24.4 Å². The van der Waals surface area contributed by atoms with Crippen molar-refractivity contribution in [3.05, 3.63) is 47.6 Å². The second-order valence-corrected chi connectivity index (χ2v) is 20.0. The molecule has 4 aliphatic rings. The van der Waals surface area contributed by atoms with Gasteiger partial charge in [0.1, 0.15) is 30.1 Å². The number of hydrogen-bond acceptors (Lipinski definition) is 13. The standard InChI is InChI=1S/C53H83NO13/c1-32-18-14-13-15-19-33(2)44(62-9)30-40-23-21-38(7)53(60,67-40)50(57)51(58)54-25-17-16-20-41(54)52(59)66-45(35(4)28-39-22-24-43(61-8)46(29-39)63-10)31-42(55)34(3)27-37(6)48(64-11)49(65-12)47(56)36(5)26-32/h13-15,18-19,27,32,34-36,38-41,43-46,48-49,60H,16-17,20-26,28-31H2,1-12H3/b15-13?,18-14+,33-19?,37-27+/t32?,34?,35?,36-,38-,39?,40?,41+,43?,44?,45?,46?,48?,49?,53?/m1/s1. The molecule has 1 aliphatic carbocycles. The molecule has 1 N–H and O–H groups in total. The highest BCUT2D eigenvalue weighted by molar-refractivity contribution is 6.39. The first-order valence-corrected chi connectivity index (χ1v) is 24.7. The monoisotopic (exact) mass is 942 g/mol. The number of ether oxygens (including phenoxy) is 7. The summed E-state index contributed by atoms with van der Waals surface area (Å²) in [6.45, 7) is 13.2. The molecule has 4 rings (SSSR count). The second kappa shape index (κ2) is 26.6. The van der Waals surface area contributed by atoms with Gasteiger partial charge in [0.2, 0.25) is 5.79 Å². The third-order valence-electron chi connectivity index (χ3n) is 15.0. The van der Waals surface area contributed by atoms with Crippen molar-refractivity contribution in [3.8, 4) is 0 Å². The molecule has 12 unspecified atom stereocenters. The number of rotatable bonds is 8. The van der Waals surface area contributed by atoms with Crippen molar-refractivity contribution in [2.24, 2.45) is 35.5 Å². The lowest BCUT2D eigenvalue weighted by atomic mass is 9.78. The fourth-order valence-electron chi connectivity index (χ4n) is 10.7. The number of amides is 1. The largest absolute Gasteiger partial charge is 0.460 e. The van der Waals surface area contributed by atoms with E-state index < -0.39 is 71.8 Å². The molecular formula is C53H83NO13. The summed E-state index contributed by atoms with van der Waals surface area (Å²) in [5, 5.41) is 12.0. The Labute approximate surface area is 400 Å². The highest BCUT2D eigenvalue weighted by atomic mass is 16.6. The number of piperidine rings is 1. The average Bonchev–Trinajstić information content (AvgIpc) is 3.31. The topological polar surface area (TPSA) is 173 Å². The Balaban J connectivity index is 1.72. The summed E-state index contributed by atoms with van der Waals surface area (Å²) in [7, 11) is 7.96. The smallest absolute Gasteiger partial charge is 0.329 e. The summed E-state index contributed by atoms with van der Waals surface area (Å²) in [6, 6.07) is -1.11. The molecule has 0 radical (unpaired) electrons. The molecule has 67 heavy (non-hydrogen) atoms. The zero-order valence-corrected chi connectivity index (χ0v) is 42.5. The zero-order chi connectivity index (χ0) is 49.6. The van der Waals surface area contributed by atoms with Gasteiger partial charge < -0.3 is 43.2 Å². The second-order valence-electron chi connectivity index (χ2n) is 20.0. The van der Waals surface area contributed by atoms with Gasteiger partial charge in [0, 0.05) is 72.7 Å². The van der Waals surface area contributed by atoms with Gasteiger partial charge in [-0.15, -0.1) is 0 Å². The Bertz CT molecular complexity index is 1790. The zero-order valence-electron chi connectivity index (χ0n) is 42.5. The predicted molar refractivity (Wildman–Crippen MR) is 255 cm³/mol. The minimum absolute atomic E-state index is 0.0234. The van der Waals surface area contributed by atoms with Crippen LogP contribution in [0.5, 0.6) is 0 Å². The van der Waals surface area contributed by atoms with E-state index in [9.17, 15) is 29.1 Å². The van der Waals surface area contributed by atoms with E-state index in [2.05, 4.69) is 6.92 Å². The molecule has 2 saturated heterocycles. The van der Waals surface area contributed by atoms with Crippen molar-refractivity contribution < 1.29 is 62.2 Å². The van der Waals surface area contributed by atoms with Crippen LogP contribution in [0.2, 0.25) is 0 Å². The maximum Gasteiger partial charge on any atom is 0.329 e. The van der Waals surface area contributed by atoms with Crippen molar-refractivity contribution in [1.29, 1.82) is 0 Å². The number of ketones is 3. The molecule has 0 aromatic heterocycles. The fraction of sp³-hybridized carbons (Fsp3) is 0.755. The third kappa shape index (κ3) is 14.8. The lowest BCUT2D eigenvalue weighted by Gasteiger charge is -2.42. The number of fused-ring (bicyclic) bond motifs is 3. The van der Waals surface area contributed by atoms with Crippen LogP contribution in [0.1, 0.15) is 126 Å². The lowest BCUT2D eigenvalue weighted by Crippen LogP contribution is -2.61. The van der Waals surface area contributed by atoms with Crippen molar-refractivity contribution >= 4 is 29.2 Å². The summed E-state index contributed by atoms with van der Waals surface area (Å²) in [4.78, 5) is 72.5. The van der Waals surface area contributed by atoms with Crippen LogP contribution >= 0.6 is 0 Å². The van der Waals surface area contributed by atoms with Gasteiger partial charge in [-0.05, 0) is 107 Å². The summed E-state index contributed by atoms with van der Waals surface area (Å²) in [6.07, 6.45) is 14.1. The highest BCUT2D eigenvalue weighted by Crippen LogP contribution is 2.38. The van der Waals surface area contributed by atoms with Crippen LogP contribution in [0, 0.1) is 35.5 Å².